The number of rotatable bonds is 4. The third kappa shape index (κ3) is 3.65. The summed E-state index contributed by atoms with van der Waals surface area (Å²) in [4.78, 5) is 11.9. The van der Waals surface area contributed by atoms with Crippen LogP contribution < -0.4 is 0 Å². The molecule has 0 bridgehead atoms. The fourth-order valence-electron chi connectivity index (χ4n) is 2.01. The first-order chi connectivity index (χ1) is 11.1. The Morgan fingerprint density at radius 2 is 2.00 bits per heavy atom. The number of hydrogen-bond acceptors (Lipinski definition) is 4. The van der Waals surface area contributed by atoms with Gasteiger partial charge in [-0.2, -0.15) is 0 Å². The number of carbonyl (C=O) groups excluding carboxylic acids is 1. The SMILES string of the molecule is O=C(OCc1cc(-c2ccccc2F)on1)c1cccc(Br)c1. The molecule has 0 spiro atoms. The van der Waals surface area contributed by atoms with Crippen molar-refractivity contribution >= 4 is 21.9 Å². The van der Waals surface area contributed by atoms with Gasteiger partial charge in [0.1, 0.15) is 18.1 Å². The maximum atomic E-state index is 13.7. The predicted octanol–water partition coefficient (Wildman–Crippen LogP) is 4.60. The Morgan fingerprint density at radius 3 is 2.78 bits per heavy atom. The summed E-state index contributed by atoms with van der Waals surface area (Å²) < 4.78 is 24.7. The van der Waals surface area contributed by atoms with Crippen LogP contribution in [0.1, 0.15) is 16.1 Å². The molecule has 1 aromatic heterocycles. The van der Waals surface area contributed by atoms with Gasteiger partial charge in [0.25, 0.3) is 0 Å². The van der Waals surface area contributed by atoms with Crippen LogP contribution in [0.3, 0.4) is 0 Å². The summed E-state index contributed by atoms with van der Waals surface area (Å²) in [6.07, 6.45) is 0. The molecule has 23 heavy (non-hydrogen) atoms. The minimum Gasteiger partial charge on any atom is -0.455 e. The van der Waals surface area contributed by atoms with Crippen LogP contribution in [0.15, 0.2) is 63.6 Å². The number of hydrogen-bond donors (Lipinski definition) is 0. The number of carbonyl (C=O) groups is 1. The summed E-state index contributed by atoms with van der Waals surface area (Å²) in [5.74, 6) is -0.584. The highest BCUT2D eigenvalue weighted by molar-refractivity contribution is 9.10. The lowest BCUT2D eigenvalue weighted by Gasteiger charge is -2.02. The lowest BCUT2D eigenvalue weighted by Crippen LogP contribution is -2.05. The minimum atomic E-state index is -0.471. The number of ether oxygens (including phenoxy) is 1. The van der Waals surface area contributed by atoms with Crippen LogP contribution in [0.4, 0.5) is 4.39 Å². The summed E-state index contributed by atoms with van der Waals surface area (Å²) >= 11 is 3.29. The van der Waals surface area contributed by atoms with Gasteiger partial charge in [-0.3, -0.25) is 0 Å². The third-order valence-electron chi connectivity index (χ3n) is 3.11. The molecule has 0 atom stereocenters. The van der Waals surface area contributed by atoms with E-state index in [1.807, 2.05) is 6.07 Å². The molecule has 0 saturated carbocycles. The van der Waals surface area contributed by atoms with E-state index in [0.29, 0.717) is 16.8 Å². The molecule has 116 valence electrons. The van der Waals surface area contributed by atoms with Gasteiger partial charge in [-0.05, 0) is 30.3 Å². The molecule has 3 aromatic rings. The fraction of sp³-hybridized carbons (Fsp3) is 0.0588. The molecule has 0 N–H and O–H groups in total. The molecule has 2 aromatic carbocycles. The van der Waals surface area contributed by atoms with Gasteiger partial charge < -0.3 is 9.26 Å². The van der Waals surface area contributed by atoms with Crippen molar-refractivity contribution in [1.82, 2.24) is 5.16 Å². The maximum Gasteiger partial charge on any atom is 0.338 e. The Morgan fingerprint density at radius 1 is 1.17 bits per heavy atom. The van der Waals surface area contributed by atoms with Crippen LogP contribution >= 0.6 is 15.9 Å². The number of benzene rings is 2. The van der Waals surface area contributed by atoms with Crippen LogP contribution in [0.2, 0.25) is 0 Å². The predicted molar refractivity (Wildman–Crippen MR) is 85.2 cm³/mol. The van der Waals surface area contributed by atoms with E-state index in [-0.39, 0.29) is 12.4 Å². The standard InChI is InChI=1S/C17H11BrFNO3/c18-12-5-3-4-11(8-12)17(21)22-10-13-9-16(23-20-13)14-6-1-2-7-15(14)19/h1-9H,10H2. The molecule has 0 aliphatic heterocycles. The highest BCUT2D eigenvalue weighted by Gasteiger charge is 2.13. The number of halogens is 2. The van der Waals surface area contributed by atoms with Crippen molar-refractivity contribution < 1.29 is 18.4 Å². The van der Waals surface area contributed by atoms with Crippen molar-refractivity contribution in [3.63, 3.8) is 0 Å². The Kier molecular flexibility index (Phi) is 4.52. The molecule has 0 radical (unpaired) electrons. The molecule has 6 heteroatoms. The first kappa shape index (κ1) is 15.4. The summed E-state index contributed by atoms with van der Waals surface area (Å²) in [6, 6.07) is 14.6. The zero-order valence-electron chi connectivity index (χ0n) is 11.8. The van der Waals surface area contributed by atoms with Crippen molar-refractivity contribution in [2.75, 3.05) is 0 Å². The smallest absolute Gasteiger partial charge is 0.338 e. The van der Waals surface area contributed by atoms with E-state index in [1.165, 1.54) is 6.07 Å². The summed E-state index contributed by atoms with van der Waals surface area (Å²) in [5, 5.41) is 3.79. The molecule has 0 aliphatic rings. The lowest BCUT2D eigenvalue weighted by atomic mass is 10.1. The quantitative estimate of drug-likeness (QED) is 0.625. The molecule has 0 fully saturated rings. The first-order valence-corrected chi connectivity index (χ1v) is 7.56. The molecule has 0 saturated heterocycles. The molecule has 4 nitrogen and oxygen atoms in total. The summed E-state index contributed by atoms with van der Waals surface area (Å²) in [6.45, 7) is -0.0523. The van der Waals surface area contributed by atoms with Crippen molar-refractivity contribution in [3.8, 4) is 11.3 Å². The van der Waals surface area contributed by atoms with E-state index in [9.17, 15) is 9.18 Å². The Balaban J connectivity index is 1.68. The highest BCUT2D eigenvalue weighted by Crippen LogP contribution is 2.23. The molecule has 0 amide bonds. The van der Waals surface area contributed by atoms with E-state index in [4.69, 9.17) is 9.26 Å². The Hall–Kier alpha value is -2.47. The van der Waals surface area contributed by atoms with Gasteiger partial charge in [-0.1, -0.05) is 39.3 Å². The molecule has 0 unspecified atom stereocenters. The largest absolute Gasteiger partial charge is 0.455 e. The highest BCUT2D eigenvalue weighted by atomic mass is 79.9. The monoisotopic (exact) mass is 375 g/mol. The van der Waals surface area contributed by atoms with Gasteiger partial charge in [-0.25, -0.2) is 9.18 Å². The minimum absolute atomic E-state index is 0.0523. The van der Waals surface area contributed by atoms with E-state index in [2.05, 4.69) is 21.1 Å². The Bertz CT molecular complexity index is 847. The Labute approximate surface area is 140 Å². The molecule has 1 heterocycles. The van der Waals surface area contributed by atoms with E-state index in [1.54, 1.807) is 42.5 Å². The third-order valence-corrected chi connectivity index (χ3v) is 3.60. The average Bonchev–Trinajstić information content (AvgIpc) is 3.02. The van der Waals surface area contributed by atoms with Gasteiger partial charge >= 0.3 is 5.97 Å². The van der Waals surface area contributed by atoms with E-state index < -0.39 is 11.8 Å². The van der Waals surface area contributed by atoms with Crippen LogP contribution in [0.25, 0.3) is 11.3 Å². The van der Waals surface area contributed by atoms with E-state index in [0.717, 1.165) is 4.47 Å². The van der Waals surface area contributed by atoms with Gasteiger partial charge in [-0.15, -0.1) is 0 Å². The molecule has 0 aliphatic carbocycles. The summed E-state index contributed by atoms with van der Waals surface area (Å²) in [5.41, 5.74) is 1.15. The number of aromatic nitrogens is 1. The van der Waals surface area contributed by atoms with Gasteiger partial charge in [0.2, 0.25) is 0 Å². The zero-order valence-corrected chi connectivity index (χ0v) is 13.4. The van der Waals surface area contributed by atoms with Gasteiger partial charge in [0, 0.05) is 10.5 Å². The van der Waals surface area contributed by atoms with Crippen molar-refractivity contribution in [3.05, 3.63) is 76.1 Å². The van der Waals surface area contributed by atoms with E-state index >= 15 is 0 Å². The average molecular weight is 376 g/mol. The lowest BCUT2D eigenvalue weighted by molar-refractivity contribution is 0.0464. The topological polar surface area (TPSA) is 52.3 Å². The van der Waals surface area contributed by atoms with Crippen LogP contribution in [-0.4, -0.2) is 11.1 Å². The second-order valence-corrected chi connectivity index (χ2v) is 5.66. The second kappa shape index (κ2) is 6.75. The van der Waals surface area contributed by atoms with Crippen molar-refractivity contribution in [1.29, 1.82) is 0 Å². The maximum absolute atomic E-state index is 13.7. The van der Waals surface area contributed by atoms with Crippen LogP contribution in [-0.2, 0) is 11.3 Å². The number of nitrogens with zero attached hydrogens (tertiary/aromatic N) is 1. The molecule has 3 rings (SSSR count). The van der Waals surface area contributed by atoms with Crippen molar-refractivity contribution in [2.24, 2.45) is 0 Å². The normalized spacial score (nSPS) is 10.5. The van der Waals surface area contributed by atoms with Crippen LogP contribution in [0, 0.1) is 5.82 Å². The second-order valence-electron chi connectivity index (χ2n) is 4.75. The van der Waals surface area contributed by atoms with Crippen LogP contribution in [0.5, 0.6) is 0 Å². The van der Waals surface area contributed by atoms with Gasteiger partial charge in [0.15, 0.2) is 5.76 Å². The molecular formula is C17H11BrFNO3. The van der Waals surface area contributed by atoms with Crippen molar-refractivity contribution in [2.45, 2.75) is 6.61 Å². The first-order valence-electron chi connectivity index (χ1n) is 6.76. The molecular weight excluding hydrogens is 365 g/mol. The zero-order chi connectivity index (χ0) is 16.2. The van der Waals surface area contributed by atoms with Gasteiger partial charge in [0.05, 0.1) is 11.1 Å². The number of esters is 1. The fourth-order valence-corrected chi connectivity index (χ4v) is 2.41. The summed E-state index contributed by atoms with van der Waals surface area (Å²) in [7, 11) is 0.